The third kappa shape index (κ3) is 4.58. The van der Waals surface area contributed by atoms with Crippen LogP contribution in [0.5, 0.6) is 0 Å². The summed E-state index contributed by atoms with van der Waals surface area (Å²) in [5.41, 5.74) is 0.318. The first-order valence-electron chi connectivity index (χ1n) is 7.41. The summed E-state index contributed by atoms with van der Waals surface area (Å²) in [6.45, 7) is 3.42. The molecule has 2 fully saturated rings. The van der Waals surface area contributed by atoms with Crippen LogP contribution in [0.4, 0.5) is 0 Å². The molecule has 1 aromatic heterocycles. The molecule has 2 saturated heterocycles. The van der Waals surface area contributed by atoms with Crippen molar-refractivity contribution in [3.8, 4) is 0 Å². The number of carbonyl (C=O) groups excluding carboxylic acids is 4. The summed E-state index contributed by atoms with van der Waals surface area (Å²) in [6, 6.07) is -0.361. The molecule has 0 radical (unpaired) electrons. The van der Waals surface area contributed by atoms with Gasteiger partial charge >= 0.3 is 59.1 Å². The minimum absolute atomic E-state index is 0. The van der Waals surface area contributed by atoms with Gasteiger partial charge in [-0.15, -0.1) is 23.1 Å². The van der Waals surface area contributed by atoms with E-state index in [1.165, 1.54) is 22.7 Å². The normalized spacial score (nSPS) is 24.7. The van der Waals surface area contributed by atoms with Gasteiger partial charge in [0.2, 0.25) is 11.8 Å². The van der Waals surface area contributed by atoms with Crippen LogP contribution in [0.1, 0.15) is 29.1 Å². The Hall–Kier alpha value is -0.0700. The fourth-order valence-electron chi connectivity index (χ4n) is 3.18. The van der Waals surface area contributed by atoms with Gasteiger partial charge in [0, 0.05) is 4.75 Å². The minimum Gasteiger partial charge on any atom is -0.548 e. The van der Waals surface area contributed by atoms with Crippen LogP contribution in [-0.2, 0) is 20.8 Å². The number of carboxylic acid groups (broad SMARTS) is 2. The first-order valence-corrected chi connectivity index (χ1v) is 9.17. The molecule has 0 aromatic carbocycles. The van der Waals surface area contributed by atoms with Gasteiger partial charge in [-0.1, -0.05) is 0 Å². The summed E-state index contributed by atoms with van der Waals surface area (Å²) in [5, 5.41) is 25.9. The first-order chi connectivity index (χ1) is 11.6. The molecule has 0 spiro atoms. The van der Waals surface area contributed by atoms with Crippen molar-refractivity contribution in [1.82, 2.24) is 10.2 Å². The summed E-state index contributed by atoms with van der Waals surface area (Å²) in [4.78, 5) is 47.9. The second-order valence-electron chi connectivity index (χ2n) is 6.36. The van der Waals surface area contributed by atoms with Crippen molar-refractivity contribution in [2.24, 2.45) is 0 Å². The van der Waals surface area contributed by atoms with Crippen LogP contribution in [0.15, 0.2) is 11.4 Å². The number of carboxylic acids is 2. The summed E-state index contributed by atoms with van der Waals surface area (Å²) in [7, 11) is 0. The summed E-state index contributed by atoms with van der Waals surface area (Å²) in [6.07, 6.45) is -0.193. The molecule has 1 N–H and O–H groups in total. The van der Waals surface area contributed by atoms with Crippen LogP contribution in [0, 0.1) is 0 Å². The van der Waals surface area contributed by atoms with E-state index in [-0.39, 0.29) is 70.4 Å². The Balaban J connectivity index is 0.00000182. The average Bonchev–Trinajstić information content (AvgIpc) is 3.05. The third-order valence-electron chi connectivity index (χ3n) is 4.26. The van der Waals surface area contributed by atoms with E-state index in [4.69, 9.17) is 0 Å². The monoisotopic (exact) mass is 428 g/mol. The number of carbonyl (C=O) groups is 4. The van der Waals surface area contributed by atoms with E-state index in [0.29, 0.717) is 5.56 Å². The van der Waals surface area contributed by atoms with E-state index in [1.54, 1.807) is 19.2 Å². The molecule has 8 nitrogen and oxygen atoms in total. The topological polar surface area (TPSA) is 130 Å². The van der Waals surface area contributed by atoms with Gasteiger partial charge in [-0.05, 0) is 30.9 Å². The molecule has 0 aliphatic carbocycles. The Morgan fingerprint density at radius 1 is 1.26 bits per heavy atom. The maximum Gasteiger partial charge on any atom is 1.00 e. The summed E-state index contributed by atoms with van der Waals surface area (Å²) < 4.78 is -0.728. The Morgan fingerprint density at radius 3 is 2.44 bits per heavy atom. The van der Waals surface area contributed by atoms with Crippen molar-refractivity contribution in [3.05, 3.63) is 21.9 Å². The minimum atomic E-state index is -1.35. The van der Waals surface area contributed by atoms with E-state index in [9.17, 15) is 29.4 Å². The standard InChI is InChI=1S/C15H16N2O6S2.2Na/c1-15(2)10(14(22)23)17-11(19)8(12(17)25-15)16-7(18)5-6-3-4-24-9(6)13(20)21;;/h3-4,8,10,12H,5H2,1-2H3,(H,16,18)(H,20,21)(H,22,23);;/q;2*+1/p-2/t8?,10?,12-;;/m0../s1. The average molecular weight is 428 g/mol. The van der Waals surface area contributed by atoms with Crippen LogP contribution in [0.25, 0.3) is 0 Å². The second-order valence-corrected chi connectivity index (χ2v) is 9.05. The number of fused-ring (bicyclic) bond motifs is 1. The Bertz CT molecular complexity index is 784. The van der Waals surface area contributed by atoms with Gasteiger partial charge in [0.25, 0.3) is 0 Å². The summed E-state index contributed by atoms with van der Waals surface area (Å²) in [5.74, 6) is -3.66. The Kier molecular flexibility index (Phi) is 8.48. The smallest absolute Gasteiger partial charge is 0.548 e. The predicted molar refractivity (Wildman–Crippen MR) is 85.4 cm³/mol. The zero-order valence-electron chi connectivity index (χ0n) is 15.3. The predicted octanol–water partition coefficient (Wildman–Crippen LogP) is -8.04. The molecule has 2 aliphatic heterocycles. The molecular weight excluding hydrogens is 414 g/mol. The van der Waals surface area contributed by atoms with E-state index in [2.05, 4.69) is 5.32 Å². The van der Waals surface area contributed by atoms with Gasteiger partial charge in [-0.2, -0.15) is 0 Å². The molecule has 12 heteroatoms. The van der Waals surface area contributed by atoms with Crippen LogP contribution >= 0.6 is 23.1 Å². The van der Waals surface area contributed by atoms with Crippen molar-refractivity contribution in [2.75, 3.05) is 0 Å². The molecule has 3 rings (SSSR count). The number of amides is 2. The number of hydrogen-bond acceptors (Lipinski definition) is 8. The molecule has 2 aliphatic rings. The number of thioether (sulfide) groups is 1. The van der Waals surface area contributed by atoms with Gasteiger partial charge in [0.1, 0.15) is 11.4 Å². The SMILES string of the molecule is CC1(C)S[C@H]2C(NC(=O)Cc3ccsc3C(=O)[O-])C(=O)N2C1C(=O)[O-].[Na+].[Na+]. The number of hydrogen-bond donors (Lipinski definition) is 1. The van der Waals surface area contributed by atoms with Gasteiger partial charge < -0.3 is 30.0 Å². The molecule has 2 amide bonds. The number of aliphatic carboxylic acids is 1. The van der Waals surface area contributed by atoms with Crippen molar-refractivity contribution in [1.29, 1.82) is 0 Å². The molecular formula is C15H14N2Na2O6S2. The molecule has 0 bridgehead atoms. The Labute approximate surface area is 208 Å². The van der Waals surface area contributed by atoms with Crippen molar-refractivity contribution in [3.63, 3.8) is 0 Å². The van der Waals surface area contributed by atoms with E-state index >= 15 is 0 Å². The second kappa shape index (κ2) is 9.17. The van der Waals surface area contributed by atoms with Gasteiger partial charge in [-0.25, -0.2) is 0 Å². The number of nitrogens with one attached hydrogen (secondary N) is 1. The molecule has 134 valence electrons. The number of nitrogens with zero attached hydrogens (tertiary/aromatic N) is 1. The third-order valence-corrected chi connectivity index (χ3v) is 6.77. The van der Waals surface area contributed by atoms with Crippen LogP contribution in [0.2, 0.25) is 0 Å². The molecule has 1 aromatic rings. The maximum absolute atomic E-state index is 12.3. The number of aromatic carboxylic acids is 1. The van der Waals surface area contributed by atoms with E-state index in [0.717, 1.165) is 11.3 Å². The van der Waals surface area contributed by atoms with Crippen LogP contribution < -0.4 is 74.6 Å². The van der Waals surface area contributed by atoms with Crippen molar-refractivity contribution < 1.29 is 88.5 Å². The maximum atomic E-state index is 12.3. The number of thiophene rings is 1. The first kappa shape index (κ1) is 25.0. The van der Waals surface area contributed by atoms with Crippen LogP contribution in [-0.4, -0.2) is 50.9 Å². The zero-order valence-corrected chi connectivity index (χ0v) is 20.9. The van der Waals surface area contributed by atoms with Crippen LogP contribution in [0.3, 0.4) is 0 Å². The van der Waals surface area contributed by atoms with Gasteiger partial charge in [0.15, 0.2) is 0 Å². The van der Waals surface area contributed by atoms with E-state index in [1.807, 2.05) is 0 Å². The largest absolute Gasteiger partial charge is 1.00 e. The Morgan fingerprint density at radius 2 is 1.89 bits per heavy atom. The fourth-order valence-corrected chi connectivity index (χ4v) is 5.55. The van der Waals surface area contributed by atoms with Gasteiger partial charge in [-0.3, -0.25) is 9.59 Å². The zero-order chi connectivity index (χ0) is 18.5. The van der Waals surface area contributed by atoms with Gasteiger partial charge in [0.05, 0.1) is 29.3 Å². The number of β-lactam (4-membered cyclic amide) rings is 1. The molecule has 3 heterocycles. The molecule has 2 unspecified atom stereocenters. The van der Waals surface area contributed by atoms with E-state index < -0.39 is 46.0 Å². The quantitative estimate of drug-likeness (QED) is 0.364. The number of rotatable bonds is 5. The molecule has 27 heavy (non-hydrogen) atoms. The fraction of sp³-hybridized carbons (Fsp3) is 0.467. The molecule has 0 saturated carbocycles. The van der Waals surface area contributed by atoms with Crippen molar-refractivity contribution in [2.45, 2.75) is 42.5 Å². The molecule has 3 atom stereocenters. The summed E-state index contributed by atoms with van der Waals surface area (Å²) >= 11 is 2.26. The van der Waals surface area contributed by atoms with Crippen molar-refractivity contribution >= 4 is 46.9 Å².